The number of nitrogens with zero attached hydrogens (tertiary/aromatic N) is 4. The molecule has 0 spiro atoms. The topological polar surface area (TPSA) is 49.9 Å². The summed E-state index contributed by atoms with van der Waals surface area (Å²) >= 11 is 0. The molecule has 6 rings (SSSR count). The highest BCUT2D eigenvalue weighted by Crippen LogP contribution is 2.29. The largest absolute Gasteiger partial charge is 0.493 e. The van der Waals surface area contributed by atoms with Gasteiger partial charge in [-0.25, -0.2) is 8.78 Å². The van der Waals surface area contributed by atoms with E-state index >= 15 is 0 Å². The van der Waals surface area contributed by atoms with Crippen LogP contribution in [0.3, 0.4) is 0 Å². The van der Waals surface area contributed by atoms with Gasteiger partial charge in [0, 0.05) is 77.2 Å². The second kappa shape index (κ2) is 22.5. The van der Waals surface area contributed by atoms with Crippen LogP contribution in [0.15, 0.2) is 84.9 Å². The van der Waals surface area contributed by atoms with Crippen LogP contribution >= 0.6 is 24.8 Å². The summed E-state index contributed by atoms with van der Waals surface area (Å²) in [5.41, 5.74) is 4.78. The Morgan fingerprint density at radius 1 is 0.519 bits per heavy atom. The zero-order chi connectivity index (χ0) is 36.9. The third-order valence-electron chi connectivity index (χ3n) is 10.2. The molecule has 0 saturated carbocycles. The van der Waals surface area contributed by atoms with Gasteiger partial charge in [0.25, 0.3) is 0 Å². The first-order valence-corrected chi connectivity index (χ1v) is 18.2. The summed E-state index contributed by atoms with van der Waals surface area (Å²) in [6.45, 7) is 12.4. The third kappa shape index (κ3) is 12.6. The van der Waals surface area contributed by atoms with Crippen molar-refractivity contribution in [3.8, 4) is 23.0 Å². The van der Waals surface area contributed by atoms with Gasteiger partial charge >= 0.3 is 0 Å². The summed E-state index contributed by atoms with van der Waals surface area (Å²) in [7, 11) is 6.64. The number of rotatable bonds is 13. The summed E-state index contributed by atoms with van der Waals surface area (Å²) in [6.07, 6.45) is 1.98. The van der Waals surface area contributed by atoms with E-state index in [9.17, 15) is 8.78 Å². The number of benzene rings is 4. The molecule has 12 heteroatoms. The molecule has 4 aromatic carbocycles. The van der Waals surface area contributed by atoms with Gasteiger partial charge in [0.15, 0.2) is 23.0 Å². The van der Waals surface area contributed by atoms with Crippen molar-refractivity contribution in [3.05, 3.63) is 113 Å². The van der Waals surface area contributed by atoms with Gasteiger partial charge < -0.3 is 28.7 Å². The molecule has 2 saturated heterocycles. The van der Waals surface area contributed by atoms with Crippen LogP contribution in [0.4, 0.5) is 14.5 Å². The average Bonchev–Trinajstić information content (AvgIpc) is 3.20. The van der Waals surface area contributed by atoms with Crippen LogP contribution < -0.4 is 23.8 Å². The van der Waals surface area contributed by atoms with Crippen LogP contribution in [-0.4, -0.2) is 109 Å². The number of ether oxygens (including phenoxy) is 4. The maximum Gasteiger partial charge on any atom is 0.160 e. The number of piperazine rings is 2. The van der Waals surface area contributed by atoms with Gasteiger partial charge in [-0.2, -0.15) is 0 Å². The lowest BCUT2D eigenvalue weighted by atomic mass is 10.1. The highest BCUT2D eigenvalue weighted by atomic mass is 35.5. The fourth-order valence-corrected chi connectivity index (χ4v) is 6.85. The first-order chi connectivity index (χ1) is 25.3. The lowest BCUT2D eigenvalue weighted by Gasteiger charge is -2.38. The number of hydrogen-bond acceptors (Lipinski definition) is 8. The summed E-state index contributed by atoms with van der Waals surface area (Å²) in [6, 6.07) is 26.2. The van der Waals surface area contributed by atoms with E-state index < -0.39 is 0 Å². The van der Waals surface area contributed by atoms with Crippen LogP contribution in [0, 0.1) is 11.6 Å². The zero-order valence-electron chi connectivity index (χ0n) is 32.1. The van der Waals surface area contributed by atoms with E-state index in [0.29, 0.717) is 6.04 Å². The van der Waals surface area contributed by atoms with Crippen molar-refractivity contribution < 1.29 is 27.7 Å². The first kappa shape index (κ1) is 44.6. The summed E-state index contributed by atoms with van der Waals surface area (Å²) in [5, 5.41) is 0. The van der Waals surface area contributed by atoms with E-state index in [2.05, 4.69) is 44.7 Å². The van der Waals surface area contributed by atoms with Crippen LogP contribution in [0.2, 0.25) is 0 Å². The van der Waals surface area contributed by atoms with Crippen LogP contribution in [0.5, 0.6) is 23.0 Å². The Labute approximate surface area is 332 Å². The molecule has 0 bridgehead atoms. The highest BCUT2D eigenvalue weighted by Gasteiger charge is 2.22. The van der Waals surface area contributed by atoms with Gasteiger partial charge in [-0.1, -0.05) is 24.3 Å². The molecular formula is C42H56Cl2F2N4O4. The fourth-order valence-electron chi connectivity index (χ4n) is 6.85. The van der Waals surface area contributed by atoms with Gasteiger partial charge in [-0.3, -0.25) is 9.80 Å². The predicted molar refractivity (Wildman–Crippen MR) is 219 cm³/mol. The molecule has 54 heavy (non-hydrogen) atoms. The molecule has 0 N–H and O–H groups in total. The second-order valence-electron chi connectivity index (χ2n) is 13.3. The maximum absolute atomic E-state index is 13.1. The highest BCUT2D eigenvalue weighted by molar-refractivity contribution is 5.85. The lowest BCUT2D eigenvalue weighted by Crippen LogP contribution is -2.47. The summed E-state index contributed by atoms with van der Waals surface area (Å²) in [5.74, 6) is 2.74. The average molecular weight is 790 g/mol. The van der Waals surface area contributed by atoms with Gasteiger partial charge in [0.1, 0.15) is 11.6 Å². The normalized spacial score (nSPS) is 15.5. The standard InChI is InChI=1S/C22H29FN2O2.C20H25FN2O2.2ClH/c1-17(19-5-7-20(23)8-6-19)25-14-12-24(13-15-25)11-10-18-4-9-21(26-2)22(16-18)27-3;1-24-19-8-3-16(15-20(19)25-2)9-10-22-11-13-23(14-12-22)18-6-4-17(21)5-7-18;;/h4-9,16-17H,10-15H2,1-3H3;3-8,15H,9-14H2,1-2H3;2*1H. The molecule has 0 radical (unpaired) electrons. The Hall–Kier alpha value is -3.80. The van der Waals surface area contributed by atoms with Crippen molar-refractivity contribution in [2.24, 2.45) is 0 Å². The van der Waals surface area contributed by atoms with E-state index in [1.165, 1.54) is 28.8 Å². The van der Waals surface area contributed by atoms with Crippen LogP contribution in [-0.2, 0) is 12.8 Å². The van der Waals surface area contributed by atoms with Crippen molar-refractivity contribution in [2.75, 3.05) is 98.8 Å². The smallest absolute Gasteiger partial charge is 0.160 e. The Kier molecular flexibility index (Phi) is 18.6. The molecule has 2 fully saturated rings. The monoisotopic (exact) mass is 788 g/mol. The number of hydrogen-bond donors (Lipinski definition) is 0. The first-order valence-electron chi connectivity index (χ1n) is 18.2. The molecule has 296 valence electrons. The van der Waals surface area contributed by atoms with Crippen molar-refractivity contribution in [2.45, 2.75) is 25.8 Å². The molecular weight excluding hydrogens is 733 g/mol. The molecule has 0 aliphatic carbocycles. The minimum Gasteiger partial charge on any atom is -0.493 e. The predicted octanol–water partition coefficient (Wildman–Crippen LogP) is 7.82. The van der Waals surface area contributed by atoms with Gasteiger partial charge in [0.05, 0.1) is 28.4 Å². The number of methoxy groups -OCH3 is 4. The van der Waals surface area contributed by atoms with Crippen molar-refractivity contribution in [1.29, 1.82) is 0 Å². The Morgan fingerprint density at radius 3 is 1.35 bits per heavy atom. The van der Waals surface area contributed by atoms with Crippen molar-refractivity contribution in [3.63, 3.8) is 0 Å². The van der Waals surface area contributed by atoms with Crippen LogP contribution in [0.25, 0.3) is 0 Å². The Balaban J connectivity index is 0.000000281. The number of halogens is 4. The van der Waals surface area contributed by atoms with Gasteiger partial charge in [-0.15, -0.1) is 24.8 Å². The van der Waals surface area contributed by atoms with Crippen molar-refractivity contribution in [1.82, 2.24) is 14.7 Å². The molecule has 2 heterocycles. The maximum atomic E-state index is 13.1. The molecule has 2 aliphatic heterocycles. The van der Waals surface area contributed by atoms with Gasteiger partial charge in [-0.05, 0) is 97.1 Å². The fraction of sp³-hybridized carbons (Fsp3) is 0.429. The Morgan fingerprint density at radius 2 is 0.926 bits per heavy atom. The second-order valence-corrected chi connectivity index (χ2v) is 13.3. The van der Waals surface area contributed by atoms with E-state index in [1.807, 2.05) is 42.5 Å². The van der Waals surface area contributed by atoms with E-state index in [0.717, 1.165) is 107 Å². The summed E-state index contributed by atoms with van der Waals surface area (Å²) in [4.78, 5) is 9.76. The minimum absolute atomic E-state index is 0. The number of anilines is 1. The molecule has 1 atom stereocenters. The van der Waals surface area contributed by atoms with E-state index in [4.69, 9.17) is 18.9 Å². The zero-order valence-corrected chi connectivity index (χ0v) is 33.8. The molecule has 8 nitrogen and oxygen atoms in total. The molecule has 4 aromatic rings. The lowest BCUT2D eigenvalue weighted by molar-refractivity contribution is 0.103. The third-order valence-corrected chi connectivity index (χ3v) is 10.2. The summed E-state index contributed by atoms with van der Waals surface area (Å²) < 4.78 is 47.5. The molecule has 1 unspecified atom stereocenters. The SMILES string of the molecule is COc1ccc(CCN2CCN(C(C)c3ccc(F)cc3)CC2)cc1OC.COc1ccc(CCN2CCN(c3ccc(F)cc3)CC2)cc1OC.Cl.Cl. The molecule has 0 amide bonds. The van der Waals surface area contributed by atoms with Gasteiger partial charge in [0.2, 0.25) is 0 Å². The van der Waals surface area contributed by atoms with E-state index in [1.54, 1.807) is 40.6 Å². The van der Waals surface area contributed by atoms with Crippen molar-refractivity contribution >= 4 is 30.5 Å². The van der Waals surface area contributed by atoms with Crippen LogP contribution in [0.1, 0.15) is 29.7 Å². The molecule has 0 aromatic heterocycles. The quantitative estimate of drug-likeness (QED) is 0.136. The van der Waals surface area contributed by atoms with E-state index in [-0.39, 0.29) is 36.4 Å². The molecule has 2 aliphatic rings. The minimum atomic E-state index is -0.183. The Bertz CT molecular complexity index is 1670.